The second-order valence-corrected chi connectivity index (χ2v) is 5.77. The molecule has 0 saturated heterocycles. The third kappa shape index (κ3) is 3.42. The lowest BCUT2D eigenvalue weighted by molar-refractivity contribution is -0.120. The van der Waals surface area contributed by atoms with Crippen LogP contribution in [0.1, 0.15) is 32.1 Å². The minimum absolute atomic E-state index is 0.103. The number of carbonyl (C=O) groups excluding carboxylic acids is 1. The van der Waals surface area contributed by atoms with Crippen molar-refractivity contribution < 1.29 is 4.79 Å². The van der Waals surface area contributed by atoms with Crippen LogP contribution in [0.15, 0.2) is 30.7 Å². The van der Waals surface area contributed by atoms with Crippen LogP contribution in [-0.4, -0.2) is 20.7 Å². The van der Waals surface area contributed by atoms with Gasteiger partial charge in [0.2, 0.25) is 5.91 Å². The molecule has 1 fully saturated rings. The largest absolute Gasteiger partial charge is 0.324 e. The van der Waals surface area contributed by atoms with Crippen LogP contribution in [-0.2, 0) is 4.79 Å². The molecule has 0 unspecified atom stereocenters. The van der Waals surface area contributed by atoms with Crippen LogP contribution in [0.3, 0.4) is 0 Å². The van der Waals surface area contributed by atoms with Gasteiger partial charge in [0.05, 0.1) is 29.3 Å². The van der Waals surface area contributed by atoms with Gasteiger partial charge in [-0.05, 0) is 25.0 Å². The smallest absolute Gasteiger partial charge is 0.227 e. The molecule has 2 aromatic heterocycles. The SMILES string of the molecule is O=C(Nc1ccc(-n2cc(Cl)cn2)nc1)C1CCCCC1. The Labute approximate surface area is 128 Å². The summed E-state index contributed by atoms with van der Waals surface area (Å²) in [4.78, 5) is 16.4. The van der Waals surface area contributed by atoms with Gasteiger partial charge < -0.3 is 5.32 Å². The molecule has 2 heterocycles. The number of rotatable bonds is 3. The topological polar surface area (TPSA) is 59.8 Å². The summed E-state index contributed by atoms with van der Waals surface area (Å²) in [6.45, 7) is 0. The summed E-state index contributed by atoms with van der Waals surface area (Å²) in [5.41, 5.74) is 0.715. The van der Waals surface area contributed by atoms with E-state index in [1.54, 1.807) is 29.3 Å². The van der Waals surface area contributed by atoms with Gasteiger partial charge in [-0.3, -0.25) is 4.79 Å². The van der Waals surface area contributed by atoms with Gasteiger partial charge in [-0.25, -0.2) is 9.67 Å². The van der Waals surface area contributed by atoms with Gasteiger partial charge >= 0.3 is 0 Å². The molecular weight excluding hydrogens is 288 g/mol. The normalized spacial score (nSPS) is 15.9. The molecule has 21 heavy (non-hydrogen) atoms. The molecule has 110 valence electrons. The zero-order valence-electron chi connectivity index (χ0n) is 11.6. The number of aromatic nitrogens is 3. The van der Waals surface area contributed by atoms with E-state index >= 15 is 0 Å². The van der Waals surface area contributed by atoms with E-state index in [-0.39, 0.29) is 11.8 Å². The fourth-order valence-corrected chi connectivity index (χ4v) is 2.77. The number of amides is 1. The van der Waals surface area contributed by atoms with Gasteiger partial charge in [0.1, 0.15) is 0 Å². The number of nitrogens with one attached hydrogen (secondary N) is 1. The van der Waals surface area contributed by atoms with Crippen molar-refractivity contribution in [3.63, 3.8) is 0 Å². The Kier molecular flexibility index (Phi) is 4.20. The predicted molar refractivity (Wildman–Crippen MR) is 81.6 cm³/mol. The first-order chi connectivity index (χ1) is 10.2. The molecule has 1 aliphatic rings. The zero-order chi connectivity index (χ0) is 14.7. The third-order valence-electron chi connectivity index (χ3n) is 3.78. The minimum atomic E-state index is 0.103. The molecule has 5 nitrogen and oxygen atoms in total. The first-order valence-electron chi connectivity index (χ1n) is 7.20. The fourth-order valence-electron chi connectivity index (χ4n) is 2.63. The molecule has 1 aliphatic carbocycles. The van der Waals surface area contributed by atoms with E-state index in [4.69, 9.17) is 11.6 Å². The van der Waals surface area contributed by atoms with Crippen LogP contribution >= 0.6 is 11.6 Å². The Morgan fingerprint density at radius 3 is 2.67 bits per heavy atom. The molecule has 1 saturated carbocycles. The van der Waals surface area contributed by atoms with E-state index in [0.717, 1.165) is 25.7 Å². The standard InChI is InChI=1S/C15H17ClN4O/c16-12-8-18-20(10-12)14-7-6-13(9-17-14)19-15(21)11-4-2-1-3-5-11/h6-11H,1-5H2,(H,19,21). The van der Waals surface area contributed by atoms with Crippen molar-refractivity contribution in [1.29, 1.82) is 0 Å². The maximum Gasteiger partial charge on any atom is 0.227 e. The summed E-state index contributed by atoms with van der Waals surface area (Å²) in [7, 11) is 0. The summed E-state index contributed by atoms with van der Waals surface area (Å²) >= 11 is 5.83. The number of nitrogens with zero attached hydrogens (tertiary/aromatic N) is 3. The highest BCUT2D eigenvalue weighted by molar-refractivity contribution is 6.30. The minimum Gasteiger partial charge on any atom is -0.324 e. The number of anilines is 1. The molecule has 2 aromatic rings. The quantitative estimate of drug-likeness (QED) is 0.945. The maximum absolute atomic E-state index is 12.2. The van der Waals surface area contributed by atoms with Crippen molar-refractivity contribution >= 4 is 23.2 Å². The van der Waals surface area contributed by atoms with Crippen LogP contribution in [0.5, 0.6) is 0 Å². The Balaban J connectivity index is 1.65. The van der Waals surface area contributed by atoms with Crippen molar-refractivity contribution in [2.75, 3.05) is 5.32 Å². The van der Waals surface area contributed by atoms with Crippen molar-refractivity contribution in [2.24, 2.45) is 5.92 Å². The van der Waals surface area contributed by atoms with Gasteiger partial charge in [0, 0.05) is 5.92 Å². The molecule has 0 atom stereocenters. The summed E-state index contributed by atoms with van der Waals surface area (Å²) < 4.78 is 1.59. The first kappa shape index (κ1) is 14.1. The number of pyridine rings is 1. The van der Waals surface area contributed by atoms with Gasteiger partial charge in [0.25, 0.3) is 0 Å². The highest BCUT2D eigenvalue weighted by Gasteiger charge is 2.21. The maximum atomic E-state index is 12.2. The lowest BCUT2D eigenvalue weighted by Gasteiger charge is -2.20. The highest BCUT2D eigenvalue weighted by Crippen LogP contribution is 2.25. The third-order valence-corrected chi connectivity index (χ3v) is 3.97. The van der Waals surface area contributed by atoms with E-state index in [1.165, 1.54) is 6.42 Å². The summed E-state index contributed by atoms with van der Waals surface area (Å²) in [6, 6.07) is 3.64. The average molecular weight is 305 g/mol. The van der Waals surface area contributed by atoms with Crippen molar-refractivity contribution in [3.05, 3.63) is 35.7 Å². The van der Waals surface area contributed by atoms with Crippen LogP contribution in [0, 0.1) is 5.92 Å². The second kappa shape index (κ2) is 6.26. The van der Waals surface area contributed by atoms with Crippen molar-refractivity contribution in [1.82, 2.24) is 14.8 Å². The van der Waals surface area contributed by atoms with Gasteiger partial charge in [-0.15, -0.1) is 0 Å². The van der Waals surface area contributed by atoms with Gasteiger partial charge in [0.15, 0.2) is 5.82 Å². The highest BCUT2D eigenvalue weighted by atomic mass is 35.5. The van der Waals surface area contributed by atoms with Crippen molar-refractivity contribution in [3.8, 4) is 5.82 Å². The number of carbonyl (C=O) groups is 1. The van der Waals surface area contributed by atoms with Crippen LogP contribution in [0.4, 0.5) is 5.69 Å². The predicted octanol–water partition coefficient (Wildman–Crippen LogP) is 3.44. The molecule has 0 aromatic carbocycles. The molecule has 0 aliphatic heterocycles. The molecule has 0 bridgehead atoms. The molecule has 3 rings (SSSR count). The Morgan fingerprint density at radius 2 is 2.05 bits per heavy atom. The monoisotopic (exact) mass is 304 g/mol. The van der Waals surface area contributed by atoms with E-state index < -0.39 is 0 Å². The number of halogens is 1. The van der Waals surface area contributed by atoms with E-state index in [9.17, 15) is 4.79 Å². The molecule has 6 heteroatoms. The summed E-state index contributed by atoms with van der Waals surface area (Å²) in [6.07, 6.45) is 10.4. The molecule has 1 amide bonds. The van der Waals surface area contributed by atoms with Crippen molar-refractivity contribution in [2.45, 2.75) is 32.1 Å². The summed E-state index contributed by atoms with van der Waals surface area (Å²) in [5, 5.41) is 7.58. The lowest BCUT2D eigenvalue weighted by Crippen LogP contribution is -2.24. The summed E-state index contributed by atoms with van der Waals surface area (Å²) in [5.74, 6) is 0.910. The number of hydrogen-bond donors (Lipinski definition) is 1. The van der Waals surface area contributed by atoms with E-state index in [1.807, 2.05) is 6.07 Å². The van der Waals surface area contributed by atoms with E-state index in [0.29, 0.717) is 16.5 Å². The van der Waals surface area contributed by atoms with Crippen LogP contribution in [0.25, 0.3) is 5.82 Å². The lowest BCUT2D eigenvalue weighted by atomic mass is 9.88. The van der Waals surface area contributed by atoms with E-state index in [2.05, 4.69) is 15.4 Å². The Bertz CT molecular complexity index is 617. The van der Waals surface area contributed by atoms with Crippen LogP contribution in [0.2, 0.25) is 5.02 Å². The second-order valence-electron chi connectivity index (χ2n) is 5.33. The Hall–Kier alpha value is -1.88. The van der Waals surface area contributed by atoms with Gasteiger partial charge in [-0.1, -0.05) is 30.9 Å². The number of hydrogen-bond acceptors (Lipinski definition) is 3. The molecular formula is C15H17ClN4O. The first-order valence-corrected chi connectivity index (χ1v) is 7.57. The van der Waals surface area contributed by atoms with Gasteiger partial charge in [-0.2, -0.15) is 5.10 Å². The Morgan fingerprint density at radius 1 is 1.24 bits per heavy atom. The molecule has 0 radical (unpaired) electrons. The molecule has 0 spiro atoms. The van der Waals surface area contributed by atoms with Crippen LogP contribution < -0.4 is 5.32 Å². The average Bonchev–Trinajstić information content (AvgIpc) is 2.95. The molecule has 1 N–H and O–H groups in total. The zero-order valence-corrected chi connectivity index (χ0v) is 12.4. The fraction of sp³-hybridized carbons (Fsp3) is 0.400.